The van der Waals surface area contributed by atoms with Gasteiger partial charge in [-0.3, -0.25) is 14.5 Å². The summed E-state index contributed by atoms with van der Waals surface area (Å²) in [6.07, 6.45) is 0. The SMILES string of the molecule is Cc1ccc([C@@H]2/C(=C(\O)c3ccc4c(c3)OCCO4)C(=O)C(=O)N2c2nnc(C)s2)cc1. The molecular weight excluding hydrogens is 430 g/mol. The van der Waals surface area contributed by atoms with E-state index in [1.807, 2.05) is 31.2 Å². The van der Waals surface area contributed by atoms with Crippen molar-refractivity contribution in [3.63, 3.8) is 0 Å². The molecule has 0 spiro atoms. The molecule has 3 aromatic rings. The number of anilines is 1. The zero-order chi connectivity index (χ0) is 22.4. The monoisotopic (exact) mass is 449 g/mol. The van der Waals surface area contributed by atoms with Gasteiger partial charge in [-0.05, 0) is 37.6 Å². The van der Waals surface area contributed by atoms with E-state index in [9.17, 15) is 14.7 Å². The predicted octanol–water partition coefficient (Wildman–Crippen LogP) is 3.55. The van der Waals surface area contributed by atoms with Crippen LogP contribution >= 0.6 is 11.3 Å². The summed E-state index contributed by atoms with van der Waals surface area (Å²) in [6, 6.07) is 11.5. The molecular formula is C23H19N3O5S. The first-order valence-corrected chi connectivity index (χ1v) is 10.8. The van der Waals surface area contributed by atoms with Crippen LogP contribution in [0.15, 0.2) is 48.0 Å². The topological polar surface area (TPSA) is 102 Å². The van der Waals surface area contributed by atoms with Gasteiger partial charge in [-0.2, -0.15) is 0 Å². The number of carbonyl (C=O) groups excluding carboxylic acids is 2. The Kier molecular flexibility index (Phi) is 4.90. The lowest BCUT2D eigenvalue weighted by Gasteiger charge is -2.23. The Morgan fingerprint density at radius 2 is 1.75 bits per heavy atom. The van der Waals surface area contributed by atoms with Gasteiger partial charge in [0.25, 0.3) is 5.78 Å². The van der Waals surface area contributed by atoms with Gasteiger partial charge in [-0.15, -0.1) is 10.2 Å². The van der Waals surface area contributed by atoms with Gasteiger partial charge >= 0.3 is 5.91 Å². The molecule has 8 nitrogen and oxygen atoms in total. The third-order valence-electron chi connectivity index (χ3n) is 5.37. The molecule has 0 radical (unpaired) electrons. The molecule has 5 rings (SSSR count). The number of hydrogen-bond acceptors (Lipinski definition) is 8. The van der Waals surface area contributed by atoms with Crippen molar-refractivity contribution < 1.29 is 24.2 Å². The smallest absolute Gasteiger partial charge is 0.301 e. The van der Waals surface area contributed by atoms with Gasteiger partial charge in [0.2, 0.25) is 5.13 Å². The molecule has 1 fully saturated rings. The predicted molar refractivity (Wildman–Crippen MR) is 118 cm³/mol. The quantitative estimate of drug-likeness (QED) is 0.371. The van der Waals surface area contributed by atoms with Crippen molar-refractivity contribution in [1.82, 2.24) is 10.2 Å². The molecule has 0 bridgehead atoms. The van der Waals surface area contributed by atoms with Crippen molar-refractivity contribution in [1.29, 1.82) is 0 Å². The molecule has 0 aliphatic carbocycles. The van der Waals surface area contributed by atoms with Crippen LogP contribution in [0.4, 0.5) is 5.13 Å². The van der Waals surface area contributed by atoms with Crippen LogP contribution in [-0.2, 0) is 9.59 Å². The summed E-state index contributed by atoms with van der Waals surface area (Å²) < 4.78 is 11.1. The number of ketones is 1. The number of nitrogens with zero attached hydrogens (tertiary/aromatic N) is 3. The minimum absolute atomic E-state index is 0.0108. The number of aromatic nitrogens is 2. The molecule has 3 heterocycles. The Labute approximate surface area is 187 Å². The maximum absolute atomic E-state index is 13.1. The average Bonchev–Trinajstić information content (AvgIpc) is 3.34. The second kappa shape index (κ2) is 7.76. The number of aryl methyl sites for hydroxylation is 2. The van der Waals surface area contributed by atoms with E-state index in [4.69, 9.17) is 9.47 Å². The van der Waals surface area contributed by atoms with E-state index in [0.717, 1.165) is 5.56 Å². The fourth-order valence-electron chi connectivity index (χ4n) is 3.82. The summed E-state index contributed by atoms with van der Waals surface area (Å²) in [5.41, 5.74) is 2.06. The van der Waals surface area contributed by atoms with E-state index < -0.39 is 17.7 Å². The third kappa shape index (κ3) is 3.31. The molecule has 2 aliphatic heterocycles. The van der Waals surface area contributed by atoms with Gasteiger partial charge in [0.05, 0.1) is 11.6 Å². The van der Waals surface area contributed by atoms with E-state index in [-0.39, 0.29) is 11.3 Å². The largest absolute Gasteiger partial charge is 0.507 e. The molecule has 0 unspecified atom stereocenters. The number of benzene rings is 2. The third-order valence-corrected chi connectivity index (χ3v) is 6.21. The first-order valence-electron chi connectivity index (χ1n) is 10.0. The van der Waals surface area contributed by atoms with Crippen molar-refractivity contribution in [3.8, 4) is 11.5 Å². The normalized spacial score (nSPS) is 19.4. The highest BCUT2D eigenvalue weighted by Crippen LogP contribution is 2.43. The molecule has 1 amide bonds. The molecule has 0 saturated carbocycles. The van der Waals surface area contributed by atoms with Crippen LogP contribution in [0.2, 0.25) is 0 Å². The fraction of sp³-hybridized carbons (Fsp3) is 0.217. The molecule has 2 aromatic carbocycles. The number of Topliss-reactive ketones (excluding diaryl/α,β-unsaturated/α-hetero) is 1. The molecule has 32 heavy (non-hydrogen) atoms. The highest BCUT2D eigenvalue weighted by Gasteiger charge is 2.48. The van der Waals surface area contributed by atoms with Crippen LogP contribution in [-0.4, -0.2) is 40.2 Å². The Balaban J connectivity index is 1.69. The van der Waals surface area contributed by atoms with Crippen molar-refractivity contribution in [2.75, 3.05) is 18.1 Å². The zero-order valence-electron chi connectivity index (χ0n) is 17.4. The Morgan fingerprint density at radius 1 is 1.03 bits per heavy atom. The standard InChI is InChI=1S/C23H19N3O5S/c1-12-3-5-14(6-4-12)19-18(21(28)22(29)26(19)23-25-24-13(2)32-23)20(27)15-7-8-16-17(11-15)31-10-9-30-16/h3-8,11,19,27H,9-10H2,1-2H3/b20-18+/t19-/m1/s1. The summed E-state index contributed by atoms with van der Waals surface area (Å²) in [5.74, 6) is -0.787. The maximum Gasteiger partial charge on any atom is 0.301 e. The van der Waals surface area contributed by atoms with E-state index >= 15 is 0 Å². The van der Waals surface area contributed by atoms with Crippen molar-refractivity contribution in [2.45, 2.75) is 19.9 Å². The highest BCUT2D eigenvalue weighted by atomic mass is 32.1. The summed E-state index contributed by atoms with van der Waals surface area (Å²) in [5, 5.41) is 20.3. The zero-order valence-corrected chi connectivity index (χ0v) is 18.2. The first-order chi connectivity index (χ1) is 15.4. The van der Waals surface area contributed by atoms with Crippen LogP contribution in [0.25, 0.3) is 5.76 Å². The fourth-order valence-corrected chi connectivity index (χ4v) is 4.54. The average molecular weight is 449 g/mol. The first kappa shape index (κ1) is 20.2. The van der Waals surface area contributed by atoms with Gasteiger partial charge < -0.3 is 14.6 Å². The van der Waals surface area contributed by atoms with Crippen molar-refractivity contribution >= 4 is 33.9 Å². The van der Waals surface area contributed by atoms with Crippen LogP contribution in [0, 0.1) is 13.8 Å². The van der Waals surface area contributed by atoms with Crippen LogP contribution in [0.3, 0.4) is 0 Å². The lowest BCUT2D eigenvalue weighted by atomic mass is 9.94. The lowest BCUT2D eigenvalue weighted by molar-refractivity contribution is -0.132. The van der Waals surface area contributed by atoms with Crippen molar-refractivity contribution in [2.24, 2.45) is 0 Å². The molecule has 2 aliphatic rings. The van der Waals surface area contributed by atoms with E-state index in [2.05, 4.69) is 10.2 Å². The molecule has 1 N–H and O–H groups in total. The minimum Gasteiger partial charge on any atom is -0.507 e. The van der Waals surface area contributed by atoms with Gasteiger partial charge in [-0.1, -0.05) is 41.2 Å². The van der Waals surface area contributed by atoms with Crippen LogP contribution in [0.5, 0.6) is 11.5 Å². The molecule has 162 valence electrons. The Bertz CT molecular complexity index is 1260. The molecule has 1 aromatic heterocycles. The van der Waals surface area contributed by atoms with E-state index in [1.165, 1.54) is 16.2 Å². The van der Waals surface area contributed by atoms with E-state index in [0.29, 0.717) is 46.0 Å². The van der Waals surface area contributed by atoms with Crippen LogP contribution < -0.4 is 14.4 Å². The van der Waals surface area contributed by atoms with Gasteiger partial charge in [0.1, 0.15) is 24.0 Å². The second-order valence-corrected chi connectivity index (χ2v) is 8.70. The van der Waals surface area contributed by atoms with Crippen molar-refractivity contribution in [3.05, 3.63) is 69.7 Å². The summed E-state index contributed by atoms with van der Waals surface area (Å²) in [4.78, 5) is 27.5. The minimum atomic E-state index is -0.837. The number of amides is 1. The van der Waals surface area contributed by atoms with Gasteiger partial charge in [0, 0.05) is 5.56 Å². The second-order valence-electron chi connectivity index (χ2n) is 7.54. The van der Waals surface area contributed by atoms with E-state index in [1.54, 1.807) is 25.1 Å². The number of aliphatic hydroxyl groups excluding tert-OH is 1. The number of aliphatic hydroxyl groups is 1. The number of hydrogen-bond donors (Lipinski definition) is 1. The molecule has 9 heteroatoms. The number of carbonyl (C=O) groups is 2. The molecule has 1 atom stereocenters. The summed E-state index contributed by atoms with van der Waals surface area (Å²) in [6.45, 7) is 4.55. The lowest BCUT2D eigenvalue weighted by Crippen LogP contribution is -2.29. The Morgan fingerprint density at radius 3 is 2.44 bits per heavy atom. The van der Waals surface area contributed by atoms with Crippen LogP contribution in [0.1, 0.15) is 27.7 Å². The number of ether oxygens (including phenoxy) is 2. The summed E-state index contributed by atoms with van der Waals surface area (Å²) >= 11 is 1.21. The van der Waals surface area contributed by atoms with Gasteiger partial charge in [-0.25, -0.2) is 0 Å². The van der Waals surface area contributed by atoms with Gasteiger partial charge in [0.15, 0.2) is 11.5 Å². The maximum atomic E-state index is 13.1. The molecule has 1 saturated heterocycles. The number of rotatable bonds is 3. The Hall–Kier alpha value is -3.72. The number of fused-ring (bicyclic) bond motifs is 1. The highest BCUT2D eigenvalue weighted by molar-refractivity contribution is 7.15. The summed E-state index contributed by atoms with van der Waals surface area (Å²) in [7, 11) is 0.